The number of hydrogen-bond donors (Lipinski definition) is 1. The van der Waals surface area contributed by atoms with Gasteiger partial charge in [0.1, 0.15) is 17.5 Å². The van der Waals surface area contributed by atoms with Gasteiger partial charge in [-0.2, -0.15) is 0 Å². The molecule has 5 rings (SSSR count). The van der Waals surface area contributed by atoms with E-state index in [2.05, 4.69) is 25.8 Å². The third-order valence-electron chi connectivity index (χ3n) is 5.91. The molecule has 6 nitrogen and oxygen atoms in total. The zero-order valence-electron chi connectivity index (χ0n) is 18.7. The van der Waals surface area contributed by atoms with Crippen LogP contribution >= 0.6 is 23.8 Å². The minimum atomic E-state index is -0.225. The van der Waals surface area contributed by atoms with Crippen LogP contribution in [-0.2, 0) is 0 Å². The zero-order valence-corrected chi connectivity index (χ0v) is 20.3. The fourth-order valence-corrected chi connectivity index (χ4v) is 4.92. The first-order valence-corrected chi connectivity index (χ1v) is 11.5. The van der Waals surface area contributed by atoms with Crippen molar-refractivity contribution in [3.8, 4) is 17.2 Å². The number of aromatic nitrogens is 2. The second-order valence-electron chi connectivity index (χ2n) is 7.82. The van der Waals surface area contributed by atoms with Gasteiger partial charge in [0.05, 0.1) is 31.6 Å². The maximum Gasteiger partial charge on any atom is 0.174 e. The van der Waals surface area contributed by atoms with E-state index in [0.29, 0.717) is 21.6 Å². The number of ether oxygens (including phenoxy) is 2. The molecule has 1 N–H and O–H groups in total. The Morgan fingerprint density at radius 1 is 0.971 bits per heavy atom. The Morgan fingerprint density at radius 3 is 2.59 bits per heavy atom. The van der Waals surface area contributed by atoms with Crippen LogP contribution in [0, 0.1) is 0 Å². The van der Waals surface area contributed by atoms with E-state index in [1.54, 1.807) is 20.4 Å². The SMILES string of the molecule is COc1ccc(OC)c(N2C(=S)N[C@H](c3ccccn3)[C@@H]2c2cccn2-c2cccc(Cl)c2)c1. The van der Waals surface area contributed by atoms with Crippen LogP contribution in [0.1, 0.15) is 23.5 Å². The first kappa shape index (κ1) is 22.3. The van der Waals surface area contributed by atoms with Crippen LogP contribution < -0.4 is 19.7 Å². The van der Waals surface area contributed by atoms with Gasteiger partial charge in [0.2, 0.25) is 0 Å². The number of anilines is 1. The number of pyridine rings is 1. The number of thiocarbonyl (C=S) groups is 1. The summed E-state index contributed by atoms with van der Waals surface area (Å²) in [6.07, 6.45) is 3.82. The number of methoxy groups -OCH3 is 2. The van der Waals surface area contributed by atoms with Gasteiger partial charge in [-0.15, -0.1) is 0 Å². The molecule has 2 aromatic heterocycles. The van der Waals surface area contributed by atoms with Crippen LogP contribution in [0.5, 0.6) is 11.5 Å². The van der Waals surface area contributed by atoms with Crippen molar-refractivity contribution >= 4 is 34.6 Å². The van der Waals surface area contributed by atoms with E-state index in [4.69, 9.17) is 33.3 Å². The molecule has 1 saturated heterocycles. The predicted octanol–water partition coefficient (Wildman–Crippen LogP) is 5.72. The third kappa shape index (κ3) is 3.97. The summed E-state index contributed by atoms with van der Waals surface area (Å²) in [5, 5.41) is 4.74. The molecule has 0 aliphatic carbocycles. The van der Waals surface area contributed by atoms with Gasteiger partial charge in [-0.25, -0.2) is 0 Å². The highest BCUT2D eigenvalue weighted by Crippen LogP contribution is 2.46. The van der Waals surface area contributed by atoms with Crippen molar-refractivity contribution in [1.29, 1.82) is 0 Å². The molecule has 172 valence electrons. The Morgan fingerprint density at radius 2 is 1.85 bits per heavy atom. The predicted molar refractivity (Wildman–Crippen MR) is 138 cm³/mol. The van der Waals surface area contributed by atoms with E-state index in [1.165, 1.54) is 0 Å². The second-order valence-corrected chi connectivity index (χ2v) is 8.64. The molecule has 3 heterocycles. The number of halogens is 1. The Kier molecular flexibility index (Phi) is 6.13. The Hall–Kier alpha value is -3.55. The molecule has 1 aliphatic rings. The maximum atomic E-state index is 6.32. The molecule has 8 heteroatoms. The quantitative estimate of drug-likeness (QED) is 0.349. The molecule has 2 aromatic carbocycles. The van der Waals surface area contributed by atoms with Gasteiger partial charge in [0, 0.05) is 34.9 Å². The summed E-state index contributed by atoms with van der Waals surface area (Å²) >= 11 is 12.2. The van der Waals surface area contributed by atoms with Crippen molar-refractivity contribution in [2.45, 2.75) is 12.1 Å². The van der Waals surface area contributed by atoms with Crippen LogP contribution in [0.2, 0.25) is 5.02 Å². The van der Waals surface area contributed by atoms with E-state index in [-0.39, 0.29) is 12.1 Å². The molecule has 0 saturated carbocycles. The van der Waals surface area contributed by atoms with Crippen molar-refractivity contribution in [3.05, 3.63) is 102 Å². The Bertz CT molecular complexity index is 1330. The molecule has 1 fully saturated rings. The van der Waals surface area contributed by atoms with Crippen molar-refractivity contribution in [2.24, 2.45) is 0 Å². The summed E-state index contributed by atoms with van der Waals surface area (Å²) in [6.45, 7) is 0. The molecule has 34 heavy (non-hydrogen) atoms. The van der Waals surface area contributed by atoms with Crippen LogP contribution in [-0.4, -0.2) is 28.9 Å². The highest BCUT2D eigenvalue weighted by molar-refractivity contribution is 7.80. The highest BCUT2D eigenvalue weighted by Gasteiger charge is 2.43. The fraction of sp³-hybridized carbons (Fsp3) is 0.154. The minimum Gasteiger partial charge on any atom is -0.497 e. The Balaban J connectivity index is 1.71. The topological polar surface area (TPSA) is 51.6 Å². The van der Waals surface area contributed by atoms with Crippen molar-refractivity contribution in [3.63, 3.8) is 0 Å². The van der Waals surface area contributed by atoms with E-state index >= 15 is 0 Å². The average molecular weight is 491 g/mol. The first-order chi connectivity index (χ1) is 16.6. The smallest absolute Gasteiger partial charge is 0.174 e. The van der Waals surface area contributed by atoms with Gasteiger partial charge in [-0.1, -0.05) is 23.7 Å². The van der Waals surface area contributed by atoms with E-state index < -0.39 is 0 Å². The Labute approximate surface area is 208 Å². The summed E-state index contributed by atoms with van der Waals surface area (Å²) in [4.78, 5) is 6.72. The lowest BCUT2D eigenvalue weighted by Crippen LogP contribution is -2.30. The molecule has 4 aromatic rings. The summed E-state index contributed by atoms with van der Waals surface area (Å²) in [6, 6.07) is 23.1. The van der Waals surface area contributed by atoms with Crippen molar-refractivity contribution < 1.29 is 9.47 Å². The number of rotatable bonds is 6. The van der Waals surface area contributed by atoms with Crippen molar-refractivity contribution in [2.75, 3.05) is 19.1 Å². The highest BCUT2D eigenvalue weighted by atomic mass is 35.5. The molecule has 0 amide bonds. The van der Waals surface area contributed by atoms with Crippen LogP contribution in [0.3, 0.4) is 0 Å². The molecule has 0 bridgehead atoms. The molecular formula is C26H23ClN4O2S. The van der Waals surface area contributed by atoms with Gasteiger partial charge in [0.25, 0.3) is 0 Å². The summed E-state index contributed by atoms with van der Waals surface area (Å²) in [5.41, 5.74) is 3.68. The second kappa shape index (κ2) is 9.37. The van der Waals surface area contributed by atoms with Crippen LogP contribution in [0.4, 0.5) is 5.69 Å². The molecular weight excluding hydrogens is 468 g/mol. The zero-order chi connectivity index (χ0) is 23.7. The largest absolute Gasteiger partial charge is 0.497 e. The monoisotopic (exact) mass is 490 g/mol. The maximum absolute atomic E-state index is 6.32. The van der Waals surface area contributed by atoms with Crippen LogP contribution in [0.15, 0.2) is 85.2 Å². The summed E-state index contributed by atoms with van der Waals surface area (Å²) in [5.74, 6) is 1.40. The van der Waals surface area contributed by atoms with E-state index in [0.717, 1.165) is 22.8 Å². The lowest BCUT2D eigenvalue weighted by molar-refractivity contribution is 0.402. The van der Waals surface area contributed by atoms with Gasteiger partial charge in [0.15, 0.2) is 5.11 Å². The fourth-order valence-electron chi connectivity index (χ4n) is 4.40. The number of hydrogen-bond acceptors (Lipinski definition) is 4. The van der Waals surface area contributed by atoms with Crippen LogP contribution in [0.25, 0.3) is 5.69 Å². The van der Waals surface area contributed by atoms with Gasteiger partial charge in [-0.3, -0.25) is 4.98 Å². The molecule has 2 atom stereocenters. The summed E-state index contributed by atoms with van der Waals surface area (Å²) in [7, 11) is 3.29. The lowest BCUT2D eigenvalue weighted by Gasteiger charge is -2.30. The standard InChI is InChI=1S/C26H23ClN4O2S/c1-32-19-11-12-23(33-2)22(16-19)31-25(24(29-26(31)34)20-9-3-4-13-28-20)21-10-6-14-30(21)18-8-5-7-17(27)15-18/h3-16,24-25H,1-2H3,(H,29,34)/t24-,25+/m1/s1. The third-order valence-corrected chi connectivity index (χ3v) is 6.46. The molecule has 0 spiro atoms. The summed E-state index contributed by atoms with van der Waals surface area (Å²) < 4.78 is 13.4. The molecule has 0 unspecified atom stereocenters. The van der Waals surface area contributed by atoms with Gasteiger partial charge in [-0.05, 0) is 66.8 Å². The van der Waals surface area contributed by atoms with Gasteiger partial charge < -0.3 is 24.3 Å². The molecule has 1 aliphatic heterocycles. The van der Waals surface area contributed by atoms with Gasteiger partial charge >= 0.3 is 0 Å². The number of benzene rings is 2. The first-order valence-electron chi connectivity index (χ1n) is 10.8. The number of nitrogens with one attached hydrogen (secondary N) is 1. The van der Waals surface area contributed by atoms with E-state index in [9.17, 15) is 0 Å². The molecule has 0 radical (unpaired) electrons. The normalized spacial score (nSPS) is 17.5. The van der Waals surface area contributed by atoms with Crippen molar-refractivity contribution in [1.82, 2.24) is 14.9 Å². The lowest BCUT2D eigenvalue weighted by atomic mass is 10.0. The van der Waals surface area contributed by atoms with E-state index in [1.807, 2.05) is 72.9 Å². The number of nitrogens with zero attached hydrogens (tertiary/aromatic N) is 3. The minimum absolute atomic E-state index is 0.197. The average Bonchev–Trinajstić information content (AvgIpc) is 3.48.